The summed E-state index contributed by atoms with van der Waals surface area (Å²) in [6, 6.07) is 8.61. The molecule has 0 heterocycles. The van der Waals surface area contributed by atoms with Crippen molar-refractivity contribution in [2.75, 3.05) is 36.2 Å². The smallest absolute Gasteiger partial charge is 0.395 e. The number of aryl methyl sites for hydroxylation is 1. The molecule has 36 heteroatoms. The molecule has 9 N–H and O–H groups in total. The van der Waals surface area contributed by atoms with E-state index in [1.165, 1.54) is 13.0 Å². The Morgan fingerprint density at radius 1 is 0.538 bits per heavy atom. The number of rotatable bonds is 21. The Morgan fingerprint density at radius 2 is 0.938 bits per heavy atom. The monoisotopic (exact) mass is 1050 g/mol. The van der Waals surface area contributed by atoms with Crippen LogP contribution in [0.1, 0.15) is 5.56 Å². The van der Waals surface area contributed by atoms with Crippen molar-refractivity contribution in [1.29, 1.82) is 0 Å². The third-order valence-corrected chi connectivity index (χ3v) is 14.6. The topological polar surface area (TPSA) is 469 Å². The molecule has 0 spiro atoms. The second kappa shape index (κ2) is 20.6. The molecule has 4 aromatic rings. The van der Waals surface area contributed by atoms with Gasteiger partial charge in [-0.1, -0.05) is 11.1 Å². The summed E-state index contributed by atoms with van der Waals surface area (Å²) in [6.45, 7) is -0.178. The van der Waals surface area contributed by atoms with Crippen LogP contribution in [-0.4, -0.2) is 98.7 Å². The normalized spacial score (nSPS) is 13.4. The summed E-state index contributed by atoms with van der Waals surface area (Å²) in [7, 11) is -29.5. The van der Waals surface area contributed by atoms with Crippen LogP contribution >= 0.6 is 12.3 Å². The summed E-state index contributed by atoms with van der Waals surface area (Å²) in [5, 5.41) is 34.2. The van der Waals surface area contributed by atoms with Gasteiger partial charge in [0.2, 0.25) is 0 Å². The molecule has 0 aliphatic heterocycles. The van der Waals surface area contributed by atoms with E-state index in [0.29, 0.717) is 17.7 Å². The van der Waals surface area contributed by atoms with Gasteiger partial charge in [0.25, 0.3) is 30.4 Å². The third kappa shape index (κ3) is 14.5. The number of benzene rings is 4. The van der Waals surface area contributed by atoms with Crippen LogP contribution in [0.3, 0.4) is 0 Å². The Labute approximate surface area is 372 Å². The van der Waals surface area contributed by atoms with E-state index >= 15 is 0 Å². The maximum Gasteiger partial charge on any atom is 0.397 e. The molecule has 0 saturated carbocycles. The van der Waals surface area contributed by atoms with Crippen LogP contribution in [0.4, 0.5) is 45.5 Å². The van der Waals surface area contributed by atoms with Gasteiger partial charge in [0.15, 0.2) is 32.0 Å². The Kier molecular flexibility index (Phi) is 16.7. The first-order chi connectivity index (χ1) is 29.9. The molecule has 65 heavy (non-hydrogen) atoms. The molecular formula is C29H30N8O21S7. The lowest BCUT2D eigenvalue weighted by Gasteiger charge is -2.11. The van der Waals surface area contributed by atoms with Crippen molar-refractivity contribution in [2.45, 2.75) is 31.4 Å². The molecule has 0 saturated heterocycles. The molecule has 0 fully saturated rings. The van der Waals surface area contributed by atoms with E-state index in [4.69, 9.17) is 25.5 Å². The number of azo groups is 3. The molecule has 0 amide bonds. The summed E-state index contributed by atoms with van der Waals surface area (Å²) in [4.78, 5) is -4.46. The number of nitrogens with zero attached hydrogens (tertiary/aromatic N) is 6. The van der Waals surface area contributed by atoms with E-state index in [1.54, 1.807) is 0 Å². The van der Waals surface area contributed by atoms with Crippen molar-refractivity contribution in [2.24, 2.45) is 30.7 Å². The highest BCUT2D eigenvalue weighted by atomic mass is 32.3. The van der Waals surface area contributed by atoms with Gasteiger partial charge < -0.3 is 11.5 Å². The zero-order chi connectivity index (χ0) is 48.8. The van der Waals surface area contributed by atoms with Gasteiger partial charge in [0, 0.05) is 0 Å². The lowest BCUT2D eigenvalue weighted by atomic mass is 10.2. The molecule has 4 rings (SSSR count). The third-order valence-electron chi connectivity index (χ3n) is 7.78. The highest BCUT2D eigenvalue weighted by Crippen LogP contribution is 2.46. The minimum atomic E-state index is -5.35. The van der Waals surface area contributed by atoms with Crippen molar-refractivity contribution < 1.29 is 91.7 Å². The molecular weight excluding hydrogens is 1020 g/mol. The molecule has 0 aromatic heterocycles. The fourth-order valence-corrected chi connectivity index (χ4v) is 9.92. The van der Waals surface area contributed by atoms with Gasteiger partial charge >= 0.3 is 10.4 Å². The van der Waals surface area contributed by atoms with Crippen molar-refractivity contribution >= 4 is 118 Å². The van der Waals surface area contributed by atoms with Crippen LogP contribution < -0.4 is 11.5 Å². The van der Waals surface area contributed by atoms with E-state index in [9.17, 15) is 64.2 Å². The van der Waals surface area contributed by atoms with Crippen LogP contribution in [0.25, 0.3) is 0 Å². The van der Waals surface area contributed by atoms with Crippen molar-refractivity contribution in [1.82, 2.24) is 0 Å². The van der Waals surface area contributed by atoms with Crippen LogP contribution in [0.2, 0.25) is 0 Å². The van der Waals surface area contributed by atoms with E-state index < -0.39 is 155 Å². The van der Waals surface area contributed by atoms with E-state index in [0.717, 1.165) is 42.5 Å². The van der Waals surface area contributed by atoms with Crippen LogP contribution in [0.15, 0.2) is 116 Å². The van der Waals surface area contributed by atoms with Crippen molar-refractivity contribution in [3.8, 4) is 0 Å². The quantitative estimate of drug-likeness (QED) is 0.0115. The molecule has 0 radical (unpaired) electrons. The summed E-state index contributed by atoms with van der Waals surface area (Å²) >= 11 is 0.0629. The van der Waals surface area contributed by atoms with Crippen molar-refractivity contribution in [3.63, 3.8) is 0 Å². The zero-order valence-electron chi connectivity index (χ0n) is 32.1. The van der Waals surface area contributed by atoms with Gasteiger partial charge in [-0.25, -0.2) is 26.3 Å². The van der Waals surface area contributed by atoms with Gasteiger partial charge in [0.1, 0.15) is 48.8 Å². The second-order valence-corrected chi connectivity index (χ2v) is 22.3. The van der Waals surface area contributed by atoms with Gasteiger partial charge in [-0.3, -0.25) is 22.4 Å². The van der Waals surface area contributed by atoms with E-state index in [1.807, 2.05) is 0 Å². The minimum absolute atomic E-state index is 0.0629. The minimum Gasteiger partial charge on any atom is -0.395 e. The maximum atomic E-state index is 12.9. The number of hydrogen-bond acceptors (Lipinski definition) is 26. The van der Waals surface area contributed by atoms with Crippen LogP contribution in [-0.2, 0) is 78.2 Å². The largest absolute Gasteiger partial charge is 0.397 e. The molecule has 0 aliphatic carbocycles. The molecule has 4 aromatic carbocycles. The Balaban J connectivity index is 1.90. The first kappa shape index (κ1) is 52.6. The standard InChI is InChI=1S/C29H30N8O21S7/c1-16-2-5-19(24(12-16)62(43,44)45)32-35-22-15-23(36-33-20-6-3-17(13-25(20)63(46,47)48)60(39,40)10-8-55-59-58-57-38)28(31)29(27(22)30)37-34-21-7-4-18(14-26(21)64(49,50)51)61(41,42)11-9-56-65(52,53)54/h2-7,12-15,38H,8-11,30-31H2,1H3,(H,43,44,45)(H,46,47,48)(H,49,50,51)(H,52,53,54). The summed E-state index contributed by atoms with van der Waals surface area (Å²) in [5.41, 5.74) is 8.07. The van der Waals surface area contributed by atoms with E-state index in [-0.39, 0.29) is 12.3 Å². The summed E-state index contributed by atoms with van der Waals surface area (Å²) in [5.74, 6) is -1.89. The lowest BCUT2D eigenvalue weighted by Crippen LogP contribution is -2.16. The SMILES string of the molecule is Cc1ccc(N=Nc2cc(N=Nc3ccc(S(=O)(=O)CCOSOOO)cc3S(=O)(=O)O)c(N)c(N=Nc3ccc(S(=O)(=O)CCOS(=O)(=O)O)cc3S(=O)(=O)O)c2N)c(S(=O)(=O)O)c1. The molecule has 354 valence electrons. The first-order valence-electron chi connectivity index (χ1n) is 16.6. The van der Waals surface area contributed by atoms with E-state index in [2.05, 4.69) is 44.2 Å². The number of hydrogen-bond donors (Lipinski definition) is 7. The highest BCUT2D eigenvalue weighted by molar-refractivity contribution is 7.92. The summed E-state index contributed by atoms with van der Waals surface area (Å²) in [6.07, 6.45) is 0. The lowest BCUT2D eigenvalue weighted by molar-refractivity contribution is -0.434. The number of sulfone groups is 2. The number of nitrogens with two attached hydrogens (primary N) is 2. The zero-order valence-corrected chi connectivity index (χ0v) is 37.8. The summed E-state index contributed by atoms with van der Waals surface area (Å²) < 4.78 is 198. The maximum absolute atomic E-state index is 12.9. The van der Waals surface area contributed by atoms with Gasteiger partial charge in [0.05, 0.1) is 45.9 Å². The van der Waals surface area contributed by atoms with Crippen LogP contribution in [0, 0.1) is 6.92 Å². The Hall–Kier alpha value is -5.03. The van der Waals surface area contributed by atoms with Gasteiger partial charge in [-0.2, -0.15) is 33.7 Å². The fourth-order valence-electron chi connectivity index (χ4n) is 4.82. The molecule has 29 nitrogen and oxygen atoms in total. The molecule has 0 bridgehead atoms. The predicted octanol–water partition coefficient (Wildman–Crippen LogP) is 4.51. The Bertz CT molecular complexity index is 3280. The number of nitrogen functional groups attached to an aromatic ring is 2. The number of anilines is 2. The highest BCUT2D eigenvalue weighted by Gasteiger charge is 2.25. The predicted molar refractivity (Wildman–Crippen MR) is 221 cm³/mol. The van der Waals surface area contributed by atoms with Gasteiger partial charge in [-0.05, 0) is 67.1 Å². The average molecular weight is 1050 g/mol. The van der Waals surface area contributed by atoms with Crippen molar-refractivity contribution in [3.05, 3.63) is 66.2 Å². The van der Waals surface area contributed by atoms with Crippen LogP contribution in [0.5, 0.6) is 0 Å². The Morgan fingerprint density at radius 3 is 1.37 bits per heavy atom. The molecule has 0 unspecified atom stereocenters. The van der Waals surface area contributed by atoms with Gasteiger partial charge in [-0.15, -0.1) is 35.0 Å². The fraction of sp³-hybridized carbons (Fsp3) is 0.172. The molecule has 0 atom stereocenters. The molecule has 0 aliphatic rings. The second-order valence-electron chi connectivity index (χ2n) is 12.3. The average Bonchev–Trinajstić information content (AvgIpc) is 3.18. The first-order valence-corrected chi connectivity index (χ1v) is 26.2.